The second kappa shape index (κ2) is 53.6. The highest BCUT2D eigenvalue weighted by atomic mass is 35.5. The molecule has 0 bridgehead atoms. The molecule has 0 unspecified atom stereocenters. The summed E-state index contributed by atoms with van der Waals surface area (Å²) in [6.45, 7) is 5.94. The largest absolute Gasteiger partial charge is 0.478 e. The summed E-state index contributed by atoms with van der Waals surface area (Å²) in [5.41, 5.74) is 28.8. The van der Waals surface area contributed by atoms with E-state index in [1.54, 1.807) is 97.5 Å². The van der Waals surface area contributed by atoms with Crippen LogP contribution in [0.5, 0.6) is 5.75 Å². The third-order valence-electron chi connectivity index (χ3n) is 22.2. The smallest absolute Gasteiger partial charge is 0.338 e. The molecule has 0 spiro atoms. The molecule has 0 saturated carbocycles. The van der Waals surface area contributed by atoms with Gasteiger partial charge in [-0.3, -0.25) is 34.6 Å². The fourth-order valence-corrected chi connectivity index (χ4v) is 18.3. The first-order valence-electron chi connectivity index (χ1n) is 42.7. The number of nitro groups is 2. The molecular formula is C95H102Cl3F3N16O17S6. The number of ether oxygens (including phenoxy) is 4. The van der Waals surface area contributed by atoms with Crippen LogP contribution >= 0.6 is 87.9 Å². The predicted molar refractivity (Wildman–Crippen MR) is 545 cm³/mol. The van der Waals surface area contributed by atoms with Crippen LogP contribution < -0.4 is 38.3 Å². The van der Waals surface area contributed by atoms with Crippen molar-refractivity contribution in [3.05, 3.63) is 322 Å². The number of nitro benzene ring substituents is 2. The van der Waals surface area contributed by atoms with Crippen LogP contribution in [-0.2, 0) is 39.1 Å². The fourth-order valence-electron chi connectivity index (χ4n) is 14.9. The molecule has 6 heterocycles. The number of nitrogen functional groups attached to an aromatic ring is 3. The molecule has 3 saturated heterocycles. The van der Waals surface area contributed by atoms with Crippen molar-refractivity contribution in [1.82, 2.24) is 49.1 Å². The third-order valence-corrected chi connectivity index (χ3v) is 27.0. The molecule has 9 aromatic carbocycles. The molecule has 3 aliphatic rings. The molecule has 3 aromatic heterocycles. The number of hydrogen-bond donors (Lipinski definition) is 8. The first-order valence-corrected chi connectivity index (χ1v) is 47.2. The van der Waals surface area contributed by atoms with E-state index in [1.165, 1.54) is 86.9 Å². The van der Waals surface area contributed by atoms with Crippen LogP contribution in [0.25, 0.3) is 33.8 Å². The Kier molecular flexibility index (Phi) is 43.4. The van der Waals surface area contributed by atoms with Crippen LogP contribution in [0.3, 0.4) is 0 Å². The summed E-state index contributed by atoms with van der Waals surface area (Å²) >= 11 is 22.3. The number of carbonyl (C=O) groups is 4. The van der Waals surface area contributed by atoms with Gasteiger partial charge in [0.1, 0.15) is 57.7 Å². The molecule has 140 heavy (non-hydrogen) atoms. The van der Waals surface area contributed by atoms with Gasteiger partial charge in [0, 0.05) is 139 Å². The Labute approximate surface area is 847 Å². The topological polar surface area (TPSA) is 492 Å². The van der Waals surface area contributed by atoms with Gasteiger partial charge >= 0.3 is 5.97 Å². The van der Waals surface area contributed by atoms with E-state index in [4.69, 9.17) is 77.1 Å². The van der Waals surface area contributed by atoms with E-state index >= 15 is 8.78 Å². The second-order valence-electron chi connectivity index (χ2n) is 31.5. The minimum Gasteiger partial charge on any atom is -0.478 e. The molecule has 11 N–H and O–H groups in total. The summed E-state index contributed by atoms with van der Waals surface area (Å²) in [6.07, 6.45) is 11.4. The van der Waals surface area contributed by atoms with E-state index in [9.17, 15) is 60.6 Å². The number of sulfonamides is 2. The Morgan fingerprint density at radius 3 is 1.21 bits per heavy atom. The lowest BCUT2D eigenvalue weighted by Gasteiger charge is -2.25. The average molecular weight is 2100 g/mol. The number of nitrogens with zero attached hydrogens (tertiary/aromatic N) is 10. The molecule has 2 amide bonds. The fraction of sp³-hybridized carbons (Fsp3) is 0.263. The number of amides is 2. The first kappa shape index (κ1) is 113. The highest BCUT2D eigenvalue weighted by Crippen LogP contribution is 2.37. The lowest BCUT2D eigenvalue weighted by Crippen LogP contribution is -2.39. The van der Waals surface area contributed by atoms with Gasteiger partial charge in [-0.05, 0) is 171 Å². The van der Waals surface area contributed by atoms with E-state index in [1.807, 2.05) is 25.1 Å². The molecule has 15 rings (SSSR count). The normalized spacial score (nSPS) is 13.9. The summed E-state index contributed by atoms with van der Waals surface area (Å²) in [6, 6.07) is 47.7. The van der Waals surface area contributed by atoms with Crippen molar-refractivity contribution in [3.8, 4) is 39.5 Å². The highest BCUT2D eigenvalue weighted by Gasteiger charge is 2.35. The summed E-state index contributed by atoms with van der Waals surface area (Å²) in [7, 11) is -5.88. The van der Waals surface area contributed by atoms with Gasteiger partial charge in [0.15, 0.2) is 9.79 Å². The van der Waals surface area contributed by atoms with Crippen molar-refractivity contribution < 1.29 is 83.1 Å². The standard InChI is InChI=1S/C31H30ClFN6O6S.C26H28ClFN4O2.C16H16FN3O3.C15H16ClN3O4S.C7H6O2S.3H2S/c1-38(46(43,44)28-8-3-2-7-27(28)39(41)42)18-26(20-5-4-6-22(32)15-20)37-31(40)23-10-9-21(16-24(23)33)29-30(34)35-17-25(36-29)19-11-13-45-14-12-19;1-2-4-22(17-5-3-6-19(27)13-17)32-26(33)20-8-7-18(14-21(20)28)24-25(29)30-15-23(31-24)16-9-11-34-12-10-16;17-12-7-10(1-2-11(12)16(21)22)14-15(18)19-8-13(20-14)9-3-5-23-6-4-9;1-18(10-13(17)11-5-4-6-12(16)9-11)24(22,23)15-8-3-2-7-14(15)19(20)21;8-5-9-6-1-3-7(10)4-2-6;;;/h2-10,15-17,19,26H,11-14,18H2,1H3,(H2,34,35)(H,37,40);3,5-8,13-16,22H,2,4,9-12H2,1H3,(H2,29,30)(H,32,33);1-2,7-9H,3-6H2,(H2,18,19)(H,21,22);2-9,13H,10,17H2,1H3;1-5,10H;3*1H2/t26-;22-;;13-;;;;/m11.1..../s1. The van der Waals surface area contributed by atoms with Gasteiger partial charge in [-0.2, -0.15) is 49.1 Å². The summed E-state index contributed by atoms with van der Waals surface area (Å²) in [5, 5.41) is 38.5. The molecule has 0 radical (unpaired) electrons. The number of aromatic carboxylic acids is 1. The molecule has 742 valence electrons. The van der Waals surface area contributed by atoms with Crippen molar-refractivity contribution in [2.45, 2.75) is 109 Å². The molecule has 12 aromatic rings. The quantitative estimate of drug-likeness (QED) is 0.00977. The Balaban J connectivity index is 0.000000227. The molecule has 0 aliphatic carbocycles. The van der Waals surface area contributed by atoms with Gasteiger partial charge in [0.2, 0.25) is 20.0 Å². The van der Waals surface area contributed by atoms with Crippen LogP contribution in [0.1, 0.15) is 159 Å². The Morgan fingerprint density at radius 2 is 0.857 bits per heavy atom. The number of likely N-dealkylation sites (N-methyl/N-ethyl adjacent to an activating group) is 2. The van der Waals surface area contributed by atoms with Crippen LogP contribution in [0.2, 0.25) is 15.1 Å². The lowest BCUT2D eigenvalue weighted by molar-refractivity contribution is -0.388. The van der Waals surface area contributed by atoms with E-state index in [2.05, 4.69) is 57.9 Å². The van der Waals surface area contributed by atoms with Gasteiger partial charge < -0.3 is 57.6 Å². The average Bonchev–Trinajstić information content (AvgIpc) is 0.796. The van der Waals surface area contributed by atoms with Gasteiger partial charge in [-0.25, -0.2) is 64.7 Å². The first-order chi connectivity index (χ1) is 65.5. The monoisotopic (exact) mass is 2090 g/mol. The number of carboxylic acids is 1. The van der Waals surface area contributed by atoms with Crippen molar-refractivity contribution in [2.24, 2.45) is 5.73 Å². The predicted octanol–water partition coefficient (Wildman–Crippen LogP) is 17.7. The number of carboxylic acid groups (broad SMARTS) is 1. The number of nitrogens with one attached hydrogen (secondary N) is 2. The lowest BCUT2D eigenvalue weighted by atomic mass is 9.96. The third kappa shape index (κ3) is 30.5. The van der Waals surface area contributed by atoms with Gasteiger partial charge in [0.25, 0.3) is 29.7 Å². The second-order valence-corrected chi connectivity index (χ2v) is 37.3. The van der Waals surface area contributed by atoms with Gasteiger partial charge in [-0.15, -0.1) is 12.6 Å². The van der Waals surface area contributed by atoms with Crippen LogP contribution in [0.4, 0.5) is 42.0 Å². The van der Waals surface area contributed by atoms with Crippen LogP contribution in [0, 0.1) is 37.7 Å². The maximum absolute atomic E-state index is 15.5. The SMILES string of the molecule is CCC[C@@H](NC(=O)c1ccc(-c2nc(C3CCOCC3)cnc2N)cc1F)c1cccc(Cl)c1.CN(C[C@@H](N)c1cccc(Cl)c1)S(=O)(=O)c1ccccc1[N+](=O)[O-].CN(C[C@@H](NC(=O)c1ccc(-c2nc(C3CCOCC3)cnc2N)cc1F)c1cccc(Cl)c1)S(=O)(=O)c1ccccc1[N+](=O)[O-].Nc1ncc(C2CCOCC2)nc1-c1ccc(C(=O)O)c(F)c1.O=COc1ccc(S)cc1.S.S.S. The molecular weight excluding hydrogens is 1990 g/mol. The number of rotatable bonds is 28. The number of halogens is 6. The number of para-hydroxylation sites is 2. The van der Waals surface area contributed by atoms with Crippen LogP contribution in [0.15, 0.2) is 233 Å². The molecule has 45 heteroatoms. The number of hydrogen-bond acceptors (Lipinski definition) is 27. The zero-order valence-corrected chi connectivity index (χ0v) is 83.2. The Morgan fingerprint density at radius 1 is 0.514 bits per heavy atom. The van der Waals surface area contributed by atoms with E-state index < -0.39 is 93.5 Å². The number of benzene rings is 9. The van der Waals surface area contributed by atoms with Crippen molar-refractivity contribution in [1.29, 1.82) is 0 Å². The summed E-state index contributed by atoms with van der Waals surface area (Å²) in [4.78, 5) is 94.7. The van der Waals surface area contributed by atoms with Crippen molar-refractivity contribution >= 4 is 161 Å². The number of anilines is 3. The van der Waals surface area contributed by atoms with Gasteiger partial charge in [0.05, 0.1) is 74.3 Å². The maximum atomic E-state index is 15.5. The van der Waals surface area contributed by atoms with Crippen LogP contribution in [-0.4, -0.2) is 161 Å². The minimum atomic E-state index is -4.39. The Hall–Kier alpha value is -12.0. The molecule has 3 fully saturated rings. The van der Waals surface area contributed by atoms with E-state index in [0.29, 0.717) is 113 Å². The van der Waals surface area contributed by atoms with Crippen molar-refractivity contribution in [2.75, 3.05) is 84.0 Å². The van der Waals surface area contributed by atoms with E-state index in [-0.39, 0.29) is 122 Å². The van der Waals surface area contributed by atoms with E-state index in [0.717, 1.165) is 111 Å². The van der Waals surface area contributed by atoms with Crippen molar-refractivity contribution in [3.63, 3.8) is 0 Å². The molecule has 33 nitrogen and oxygen atoms in total. The zero-order valence-electron chi connectivity index (χ0n) is 75.4. The molecule has 3 atom stereocenters. The Bertz CT molecular complexity index is 6580. The number of thiol groups is 1. The summed E-state index contributed by atoms with van der Waals surface area (Å²) in [5.74, 6) is -3.32. The maximum Gasteiger partial charge on any atom is 0.338 e. The number of carbonyl (C=O) groups excluding carboxylic acids is 3. The zero-order chi connectivity index (χ0) is 98.8. The highest BCUT2D eigenvalue weighted by molar-refractivity contribution is 7.89. The van der Waals surface area contributed by atoms with Gasteiger partial charge in [-0.1, -0.05) is 127 Å². The molecule has 3 aliphatic heterocycles. The number of nitrogens with two attached hydrogens (primary N) is 4. The summed E-state index contributed by atoms with van der Waals surface area (Å²) < 4.78 is 119. The minimum absolute atomic E-state index is 0. The number of aromatic nitrogens is 6.